The van der Waals surface area contributed by atoms with Crippen LogP contribution in [0.3, 0.4) is 0 Å². The third kappa shape index (κ3) is 2.29. The Kier molecular flexibility index (Phi) is 3.23. The number of ether oxygens (including phenoxy) is 1. The molecule has 3 aromatic rings. The monoisotopic (exact) mass is 329 g/mol. The Morgan fingerprint density at radius 3 is 2.96 bits per heavy atom. The molecule has 1 aromatic heterocycles. The zero-order valence-electron chi connectivity index (χ0n) is 14.2. The van der Waals surface area contributed by atoms with Gasteiger partial charge < -0.3 is 9.30 Å². The molecule has 0 saturated carbocycles. The van der Waals surface area contributed by atoms with Gasteiger partial charge in [0, 0.05) is 30.3 Å². The lowest BCUT2D eigenvalue weighted by atomic mass is 10.0. The first-order valence-electron chi connectivity index (χ1n) is 8.70. The molecule has 0 amide bonds. The summed E-state index contributed by atoms with van der Waals surface area (Å²) in [6, 6.07) is 14.8. The summed E-state index contributed by atoms with van der Waals surface area (Å²) in [7, 11) is 1.70. The Bertz CT molecular complexity index is 1000. The van der Waals surface area contributed by atoms with E-state index in [1.165, 1.54) is 34.6 Å². The Balaban J connectivity index is 1.72. The lowest BCUT2D eigenvalue weighted by Crippen LogP contribution is -1.97. The topological polar surface area (TPSA) is 39.4 Å². The fourth-order valence-corrected chi connectivity index (χ4v) is 3.84. The minimum Gasteiger partial charge on any atom is -0.497 e. The average molecular weight is 329 g/mol. The summed E-state index contributed by atoms with van der Waals surface area (Å²) in [5.41, 5.74) is 7.10. The van der Waals surface area contributed by atoms with Crippen LogP contribution in [-0.4, -0.2) is 22.9 Å². The van der Waals surface area contributed by atoms with Crippen molar-refractivity contribution in [1.29, 1.82) is 0 Å². The van der Waals surface area contributed by atoms with E-state index in [-0.39, 0.29) is 0 Å². The molecule has 0 fully saturated rings. The van der Waals surface area contributed by atoms with Crippen LogP contribution in [0.4, 0.5) is 0 Å². The number of aromatic nitrogens is 2. The Labute approximate surface area is 146 Å². The molecule has 0 atom stereocenters. The third-order valence-electron chi connectivity index (χ3n) is 5.08. The predicted molar refractivity (Wildman–Crippen MR) is 99.3 cm³/mol. The van der Waals surface area contributed by atoms with Gasteiger partial charge in [-0.15, -0.1) is 0 Å². The van der Waals surface area contributed by atoms with E-state index in [2.05, 4.69) is 39.9 Å². The molecule has 0 N–H and O–H groups in total. The van der Waals surface area contributed by atoms with Crippen LogP contribution in [0.25, 0.3) is 22.5 Å². The van der Waals surface area contributed by atoms with E-state index in [4.69, 9.17) is 9.72 Å². The number of aryl methyl sites for hydroxylation is 1. The summed E-state index contributed by atoms with van der Waals surface area (Å²) in [6.45, 7) is 1.83. The Hall–Kier alpha value is -2.88. The normalized spacial score (nSPS) is 14.6. The van der Waals surface area contributed by atoms with Crippen LogP contribution < -0.4 is 4.74 Å². The maximum absolute atomic E-state index is 5.41. The summed E-state index contributed by atoms with van der Waals surface area (Å²) in [5.74, 6) is 2.04. The highest BCUT2D eigenvalue weighted by Crippen LogP contribution is 2.37. The van der Waals surface area contributed by atoms with E-state index in [0.717, 1.165) is 36.5 Å². The van der Waals surface area contributed by atoms with E-state index in [9.17, 15) is 0 Å². The highest BCUT2D eigenvalue weighted by Gasteiger charge is 2.24. The number of imidazole rings is 1. The van der Waals surface area contributed by atoms with Crippen LogP contribution in [0.15, 0.2) is 47.5 Å². The zero-order chi connectivity index (χ0) is 16.8. The Morgan fingerprint density at radius 2 is 2.04 bits per heavy atom. The number of nitrogens with zero attached hydrogens (tertiary/aromatic N) is 3. The second-order valence-electron chi connectivity index (χ2n) is 6.60. The molecule has 0 spiro atoms. The van der Waals surface area contributed by atoms with Crippen LogP contribution >= 0.6 is 0 Å². The molecular formula is C21H19N3O. The lowest BCUT2D eigenvalue weighted by molar-refractivity contribution is 0.415. The van der Waals surface area contributed by atoms with Gasteiger partial charge in [0.25, 0.3) is 0 Å². The van der Waals surface area contributed by atoms with Crippen molar-refractivity contribution in [2.45, 2.75) is 25.9 Å². The van der Waals surface area contributed by atoms with E-state index >= 15 is 0 Å². The van der Waals surface area contributed by atoms with Crippen LogP contribution in [0.5, 0.6) is 5.75 Å². The van der Waals surface area contributed by atoms with Gasteiger partial charge in [0.15, 0.2) is 0 Å². The predicted octanol–water partition coefficient (Wildman–Crippen LogP) is 4.10. The molecule has 124 valence electrons. The fourth-order valence-electron chi connectivity index (χ4n) is 3.84. The molecule has 0 radical (unpaired) electrons. The third-order valence-corrected chi connectivity index (χ3v) is 5.08. The lowest BCUT2D eigenvalue weighted by Gasteiger charge is -2.11. The second-order valence-corrected chi connectivity index (χ2v) is 6.60. The van der Waals surface area contributed by atoms with Gasteiger partial charge in [0.2, 0.25) is 0 Å². The molecule has 3 heterocycles. The summed E-state index contributed by atoms with van der Waals surface area (Å²) in [5, 5.41) is 0. The molecular weight excluding hydrogens is 310 g/mol. The van der Waals surface area contributed by atoms with Crippen LogP contribution in [-0.2, 0) is 19.5 Å². The number of aliphatic imine (C=N–C) groups is 1. The van der Waals surface area contributed by atoms with Gasteiger partial charge in [-0.25, -0.2) is 4.98 Å². The molecule has 25 heavy (non-hydrogen) atoms. The number of fused-ring (bicyclic) bond motifs is 2. The maximum atomic E-state index is 5.41. The molecule has 2 aliphatic rings. The van der Waals surface area contributed by atoms with Gasteiger partial charge in [0.1, 0.15) is 11.6 Å². The average Bonchev–Trinajstić information content (AvgIpc) is 3.36. The van der Waals surface area contributed by atoms with E-state index < -0.39 is 0 Å². The molecule has 5 rings (SSSR count). The molecule has 2 aromatic carbocycles. The van der Waals surface area contributed by atoms with Crippen molar-refractivity contribution < 1.29 is 4.74 Å². The molecule has 2 aliphatic heterocycles. The summed E-state index contributed by atoms with van der Waals surface area (Å²) >= 11 is 0. The van der Waals surface area contributed by atoms with Crippen molar-refractivity contribution in [2.75, 3.05) is 7.11 Å². The van der Waals surface area contributed by atoms with Crippen molar-refractivity contribution in [2.24, 2.45) is 4.99 Å². The molecule has 4 nitrogen and oxygen atoms in total. The minimum absolute atomic E-state index is 0.795. The number of hydrogen-bond acceptors (Lipinski definition) is 3. The molecule has 0 saturated heterocycles. The highest BCUT2D eigenvalue weighted by atomic mass is 16.5. The van der Waals surface area contributed by atoms with Gasteiger partial charge in [-0.1, -0.05) is 24.3 Å². The number of benzene rings is 2. The van der Waals surface area contributed by atoms with Crippen molar-refractivity contribution in [1.82, 2.24) is 9.55 Å². The van der Waals surface area contributed by atoms with E-state index in [1.807, 2.05) is 18.3 Å². The first-order valence-corrected chi connectivity index (χ1v) is 8.70. The molecule has 0 unspecified atom stereocenters. The zero-order valence-corrected chi connectivity index (χ0v) is 14.2. The van der Waals surface area contributed by atoms with Crippen molar-refractivity contribution in [3.8, 4) is 28.3 Å². The Morgan fingerprint density at radius 1 is 1.08 bits per heavy atom. The standard InChI is InChI=1S/C21H19N3O/c1-25-18-5-2-4-14(11-18)20-21(24-9-3-6-19(24)23-20)15-7-8-16-12-22-13-17(16)10-15/h2,4-5,7-8,10-11,13H,3,6,9,12H2,1H3. The molecule has 4 heteroatoms. The number of hydrogen-bond donors (Lipinski definition) is 0. The van der Waals surface area contributed by atoms with Crippen LogP contribution in [0, 0.1) is 0 Å². The van der Waals surface area contributed by atoms with Crippen molar-refractivity contribution >= 4 is 6.21 Å². The summed E-state index contributed by atoms with van der Waals surface area (Å²) in [6.07, 6.45) is 4.19. The van der Waals surface area contributed by atoms with Gasteiger partial charge in [-0.2, -0.15) is 0 Å². The first kappa shape index (κ1) is 14.5. The SMILES string of the molecule is COc1cccc(-c2nc3n(c2-c2ccc4c(c2)C=NC4)CCC3)c1. The van der Waals surface area contributed by atoms with E-state index in [1.54, 1.807) is 7.11 Å². The van der Waals surface area contributed by atoms with Gasteiger partial charge in [-0.05, 0) is 35.7 Å². The van der Waals surface area contributed by atoms with Gasteiger partial charge in [-0.3, -0.25) is 4.99 Å². The molecule has 0 aliphatic carbocycles. The second kappa shape index (κ2) is 5.59. The van der Waals surface area contributed by atoms with Crippen LogP contribution in [0.1, 0.15) is 23.4 Å². The summed E-state index contributed by atoms with van der Waals surface area (Å²) in [4.78, 5) is 9.37. The van der Waals surface area contributed by atoms with E-state index in [0.29, 0.717) is 0 Å². The summed E-state index contributed by atoms with van der Waals surface area (Å²) < 4.78 is 7.79. The first-order chi connectivity index (χ1) is 12.3. The van der Waals surface area contributed by atoms with Crippen LogP contribution in [0.2, 0.25) is 0 Å². The number of rotatable bonds is 3. The van der Waals surface area contributed by atoms with Gasteiger partial charge >= 0.3 is 0 Å². The van der Waals surface area contributed by atoms with Gasteiger partial charge in [0.05, 0.1) is 25.0 Å². The molecule has 0 bridgehead atoms. The quantitative estimate of drug-likeness (QED) is 0.725. The highest BCUT2D eigenvalue weighted by molar-refractivity contribution is 5.88. The number of methoxy groups -OCH3 is 1. The largest absolute Gasteiger partial charge is 0.497 e. The minimum atomic E-state index is 0.795. The maximum Gasteiger partial charge on any atom is 0.119 e. The van der Waals surface area contributed by atoms with Crippen molar-refractivity contribution in [3.05, 3.63) is 59.4 Å². The smallest absolute Gasteiger partial charge is 0.119 e. The van der Waals surface area contributed by atoms with Crippen molar-refractivity contribution in [3.63, 3.8) is 0 Å². The fraction of sp³-hybridized carbons (Fsp3) is 0.238.